The maximum Gasteiger partial charge on any atom is 0.407 e. The second-order valence-corrected chi connectivity index (χ2v) is 12.4. The summed E-state index contributed by atoms with van der Waals surface area (Å²) in [5.74, 6) is 5.44. The SMILES string of the molecule is CC#CCNC(=O)OCCCCOC(C)SSC(C)(C)CCOC(=O)NCCOCCOCCNC(C)C. The molecule has 0 aliphatic carbocycles. The number of alkyl carbamates (subject to hydrolysis) is 2. The van der Waals surface area contributed by atoms with Gasteiger partial charge in [0, 0.05) is 30.5 Å². The Morgan fingerprint density at radius 1 is 0.842 bits per heavy atom. The van der Waals surface area contributed by atoms with Crippen LogP contribution < -0.4 is 16.0 Å². The van der Waals surface area contributed by atoms with Gasteiger partial charge in [0.25, 0.3) is 0 Å². The summed E-state index contributed by atoms with van der Waals surface area (Å²) in [5.41, 5.74) is 0.0161. The molecule has 1 atom stereocenters. The van der Waals surface area contributed by atoms with Gasteiger partial charge in [0.05, 0.1) is 46.2 Å². The van der Waals surface area contributed by atoms with Gasteiger partial charge in [-0.3, -0.25) is 0 Å². The lowest BCUT2D eigenvalue weighted by atomic mass is 10.1. The number of carbonyl (C=O) groups is 2. The topological polar surface area (TPSA) is 116 Å². The monoisotopic (exact) mass is 579 g/mol. The Balaban J connectivity index is 3.65. The lowest BCUT2D eigenvalue weighted by molar-refractivity contribution is 0.0489. The van der Waals surface area contributed by atoms with E-state index in [4.69, 9.17) is 23.7 Å². The predicted molar refractivity (Wildman–Crippen MR) is 155 cm³/mol. The molecule has 0 fully saturated rings. The van der Waals surface area contributed by atoms with Gasteiger partial charge in [-0.25, -0.2) is 9.59 Å². The van der Waals surface area contributed by atoms with Crippen LogP contribution in [0.15, 0.2) is 0 Å². The Hall–Kier alpha value is -1.36. The first-order valence-corrected chi connectivity index (χ1v) is 15.4. The van der Waals surface area contributed by atoms with Gasteiger partial charge >= 0.3 is 12.2 Å². The summed E-state index contributed by atoms with van der Waals surface area (Å²) >= 11 is 0. The van der Waals surface area contributed by atoms with Crippen molar-refractivity contribution in [2.75, 3.05) is 65.9 Å². The zero-order chi connectivity index (χ0) is 28.5. The molecule has 0 aliphatic rings. The summed E-state index contributed by atoms with van der Waals surface area (Å²) in [6.45, 7) is 17.0. The number of unbranched alkanes of at least 4 members (excludes halogenated alkanes) is 1. The van der Waals surface area contributed by atoms with E-state index < -0.39 is 12.2 Å². The summed E-state index contributed by atoms with van der Waals surface area (Å²) in [4.78, 5) is 23.3. The molecule has 0 saturated carbocycles. The summed E-state index contributed by atoms with van der Waals surface area (Å²) < 4.78 is 27.0. The number of hydrogen-bond acceptors (Lipinski definition) is 10. The van der Waals surface area contributed by atoms with Crippen molar-refractivity contribution in [3.63, 3.8) is 0 Å². The minimum Gasteiger partial charge on any atom is -0.450 e. The molecule has 2 amide bonds. The van der Waals surface area contributed by atoms with Crippen molar-refractivity contribution < 1.29 is 33.3 Å². The molecule has 0 aromatic rings. The minimum absolute atomic E-state index is 0.0161. The van der Waals surface area contributed by atoms with Crippen LogP contribution in [0.3, 0.4) is 0 Å². The van der Waals surface area contributed by atoms with Gasteiger partial charge in [0.15, 0.2) is 0 Å². The lowest BCUT2D eigenvalue weighted by Gasteiger charge is -2.24. The zero-order valence-corrected chi connectivity index (χ0v) is 25.7. The molecule has 0 aromatic carbocycles. The van der Waals surface area contributed by atoms with Crippen molar-refractivity contribution in [3.05, 3.63) is 0 Å². The van der Waals surface area contributed by atoms with Gasteiger partial charge < -0.3 is 39.6 Å². The van der Waals surface area contributed by atoms with Gasteiger partial charge in [0.1, 0.15) is 5.44 Å². The van der Waals surface area contributed by atoms with E-state index in [0.29, 0.717) is 71.8 Å². The van der Waals surface area contributed by atoms with Crippen LogP contribution >= 0.6 is 21.6 Å². The number of rotatable bonds is 23. The molecular weight excluding hydrogens is 530 g/mol. The molecule has 0 aromatic heterocycles. The van der Waals surface area contributed by atoms with Crippen molar-refractivity contribution in [2.24, 2.45) is 0 Å². The maximum atomic E-state index is 11.9. The highest BCUT2D eigenvalue weighted by molar-refractivity contribution is 8.77. The van der Waals surface area contributed by atoms with Gasteiger partial charge in [-0.1, -0.05) is 41.4 Å². The molecule has 0 spiro atoms. The normalized spacial score (nSPS) is 12.0. The van der Waals surface area contributed by atoms with Crippen LogP contribution in [0.2, 0.25) is 0 Å². The molecule has 0 bridgehead atoms. The number of nitrogens with one attached hydrogen (secondary N) is 3. The molecule has 12 heteroatoms. The first kappa shape index (κ1) is 36.6. The van der Waals surface area contributed by atoms with Gasteiger partial charge in [-0.15, -0.1) is 5.92 Å². The summed E-state index contributed by atoms with van der Waals surface area (Å²) in [6, 6.07) is 0.454. The molecule has 0 aliphatic heterocycles. The Morgan fingerprint density at radius 3 is 2.16 bits per heavy atom. The fourth-order valence-corrected chi connectivity index (χ4v) is 4.87. The predicted octanol–water partition coefficient (Wildman–Crippen LogP) is 4.19. The second kappa shape index (κ2) is 24.7. The minimum atomic E-state index is -0.450. The van der Waals surface area contributed by atoms with Crippen LogP contribution in [-0.2, 0) is 23.7 Å². The van der Waals surface area contributed by atoms with Gasteiger partial charge in [-0.05, 0) is 47.0 Å². The Labute approximate surface area is 237 Å². The van der Waals surface area contributed by atoms with Gasteiger partial charge in [-0.2, -0.15) is 0 Å². The standard InChI is InChI=1S/C26H49N3O7S2/c1-7-8-12-28-24(30)35-16-10-9-15-34-23(4)37-38-26(5,6)11-17-36-25(31)29-14-19-33-21-20-32-18-13-27-22(2)3/h22-23,27H,9-21H2,1-6H3,(H,28,30)(H,29,31). The molecular formula is C26H49N3O7S2. The highest BCUT2D eigenvalue weighted by atomic mass is 33.1. The van der Waals surface area contributed by atoms with Crippen molar-refractivity contribution in [3.8, 4) is 11.8 Å². The van der Waals surface area contributed by atoms with Crippen LogP contribution in [0.1, 0.15) is 60.8 Å². The molecule has 3 N–H and O–H groups in total. The summed E-state index contributed by atoms with van der Waals surface area (Å²) in [6.07, 6.45) is 1.37. The fourth-order valence-electron chi connectivity index (χ4n) is 2.55. The van der Waals surface area contributed by atoms with E-state index in [1.807, 2.05) is 6.92 Å². The number of ether oxygens (including phenoxy) is 5. The van der Waals surface area contributed by atoms with Gasteiger partial charge in [0.2, 0.25) is 0 Å². The molecule has 222 valence electrons. The second-order valence-electron chi connectivity index (χ2n) is 9.15. The number of carbonyl (C=O) groups excluding carboxylic acids is 2. The smallest absolute Gasteiger partial charge is 0.407 e. The maximum absolute atomic E-state index is 11.9. The van der Waals surface area contributed by atoms with E-state index in [1.54, 1.807) is 28.5 Å². The molecule has 38 heavy (non-hydrogen) atoms. The van der Waals surface area contributed by atoms with Crippen molar-refractivity contribution in [1.82, 2.24) is 16.0 Å². The Bertz CT molecular complexity index is 673. The van der Waals surface area contributed by atoms with Crippen LogP contribution in [0, 0.1) is 11.8 Å². The third kappa shape index (κ3) is 26.3. The van der Waals surface area contributed by atoms with Crippen LogP contribution in [0.5, 0.6) is 0 Å². The fraction of sp³-hybridized carbons (Fsp3) is 0.846. The van der Waals surface area contributed by atoms with Crippen LogP contribution in [0.4, 0.5) is 9.59 Å². The molecule has 0 heterocycles. The van der Waals surface area contributed by atoms with Crippen LogP contribution in [0.25, 0.3) is 0 Å². The molecule has 0 saturated heterocycles. The van der Waals surface area contributed by atoms with E-state index in [0.717, 1.165) is 19.4 Å². The molecule has 0 rings (SSSR count). The molecule has 10 nitrogen and oxygen atoms in total. The van der Waals surface area contributed by atoms with E-state index in [-0.39, 0.29) is 10.2 Å². The third-order valence-corrected chi connectivity index (χ3v) is 8.27. The number of hydrogen-bond donors (Lipinski definition) is 3. The summed E-state index contributed by atoms with van der Waals surface area (Å²) in [7, 11) is 3.36. The van der Waals surface area contributed by atoms with Crippen molar-refractivity contribution >= 4 is 33.8 Å². The highest BCUT2D eigenvalue weighted by Gasteiger charge is 2.21. The molecule has 0 radical (unpaired) electrons. The van der Waals surface area contributed by atoms with E-state index >= 15 is 0 Å². The largest absolute Gasteiger partial charge is 0.450 e. The highest BCUT2D eigenvalue weighted by Crippen LogP contribution is 2.40. The first-order valence-electron chi connectivity index (χ1n) is 13.2. The van der Waals surface area contributed by atoms with E-state index in [2.05, 4.69) is 55.5 Å². The average Bonchev–Trinajstić information content (AvgIpc) is 2.86. The molecule has 1 unspecified atom stereocenters. The third-order valence-electron chi connectivity index (χ3n) is 4.66. The Morgan fingerprint density at radius 2 is 1.47 bits per heavy atom. The van der Waals surface area contributed by atoms with E-state index in [1.165, 1.54) is 0 Å². The quantitative estimate of drug-likeness (QED) is 0.0704. The Kier molecular flexibility index (Phi) is 23.8. The van der Waals surface area contributed by atoms with Crippen molar-refractivity contribution in [1.29, 1.82) is 0 Å². The van der Waals surface area contributed by atoms with Crippen molar-refractivity contribution in [2.45, 2.75) is 77.0 Å². The van der Waals surface area contributed by atoms with Crippen LogP contribution in [-0.4, -0.2) is 94.3 Å². The first-order chi connectivity index (χ1) is 18.2. The number of amides is 2. The average molecular weight is 580 g/mol. The lowest BCUT2D eigenvalue weighted by Crippen LogP contribution is -2.30. The zero-order valence-electron chi connectivity index (χ0n) is 24.0. The summed E-state index contributed by atoms with van der Waals surface area (Å²) in [5, 5.41) is 8.52. The van der Waals surface area contributed by atoms with E-state index in [9.17, 15) is 9.59 Å².